The highest BCUT2D eigenvalue weighted by Crippen LogP contribution is 2.34. The molecule has 5 rings (SSSR count). The Hall–Kier alpha value is -4.86. The average Bonchev–Trinajstić information content (AvgIpc) is 3.33. The van der Waals surface area contributed by atoms with E-state index in [0.29, 0.717) is 37.7 Å². The lowest BCUT2D eigenvalue weighted by Crippen LogP contribution is -2.37. The number of aryl methyl sites for hydroxylation is 2. The SMILES string of the molecule is CCN(CCCOc1cccc2ncnc(Nc3ccc(Oc4ccc5c(c4)ncn5C)c(C)c3)c12)C(=O)OC(C)(C)C. The summed E-state index contributed by atoms with van der Waals surface area (Å²) in [5.41, 5.74) is 3.99. The van der Waals surface area contributed by atoms with E-state index in [1.54, 1.807) is 11.2 Å². The Bertz CT molecular complexity index is 1740. The summed E-state index contributed by atoms with van der Waals surface area (Å²) in [7, 11) is 1.97. The number of ether oxygens (including phenoxy) is 3. The highest BCUT2D eigenvalue weighted by Gasteiger charge is 2.21. The molecular formula is C33H38N6O4. The summed E-state index contributed by atoms with van der Waals surface area (Å²) in [6.45, 7) is 11.0. The molecule has 0 aliphatic carbocycles. The van der Waals surface area contributed by atoms with Crippen LogP contribution in [0, 0.1) is 6.92 Å². The molecule has 0 atom stereocenters. The molecule has 0 saturated carbocycles. The van der Waals surface area contributed by atoms with Crippen molar-refractivity contribution < 1.29 is 19.0 Å². The van der Waals surface area contributed by atoms with Crippen LogP contribution in [0.4, 0.5) is 16.3 Å². The van der Waals surface area contributed by atoms with Crippen LogP contribution in [0.15, 0.2) is 67.3 Å². The maximum atomic E-state index is 12.5. The number of nitrogens with zero attached hydrogens (tertiary/aromatic N) is 5. The molecule has 10 nitrogen and oxygen atoms in total. The summed E-state index contributed by atoms with van der Waals surface area (Å²) in [4.78, 5) is 27.5. The lowest BCUT2D eigenvalue weighted by molar-refractivity contribution is 0.0252. The summed E-state index contributed by atoms with van der Waals surface area (Å²) < 4.78 is 19.9. The van der Waals surface area contributed by atoms with Crippen LogP contribution in [0.5, 0.6) is 17.2 Å². The topological polar surface area (TPSA) is 104 Å². The quantitative estimate of drug-likeness (QED) is 0.170. The molecule has 2 aromatic heterocycles. The molecule has 3 aromatic carbocycles. The van der Waals surface area contributed by atoms with Gasteiger partial charge in [-0.1, -0.05) is 6.07 Å². The zero-order valence-electron chi connectivity index (χ0n) is 25.5. The summed E-state index contributed by atoms with van der Waals surface area (Å²) in [6, 6.07) is 17.5. The molecule has 5 aromatic rings. The standard InChI is InChI=1S/C33H38N6O4/c1-7-39(32(40)43-33(3,4)5)16-9-17-41-29-11-8-10-25-30(29)31(35-20-34-25)37-23-12-15-28(22(2)18-23)42-24-13-14-27-26(19-24)36-21-38(27)6/h8,10-15,18-21H,7,9,16-17H2,1-6H3,(H,34,35,37). The molecule has 2 heterocycles. The molecule has 10 heteroatoms. The predicted octanol–water partition coefficient (Wildman–Crippen LogP) is 7.39. The van der Waals surface area contributed by atoms with Crippen molar-refractivity contribution in [3.63, 3.8) is 0 Å². The molecule has 0 saturated heterocycles. The number of fused-ring (bicyclic) bond motifs is 2. The van der Waals surface area contributed by atoms with Gasteiger partial charge in [-0.05, 0) is 89.1 Å². The van der Waals surface area contributed by atoms with Gasteiger partial charge >= 0.3 is 6.09 Å². The third kappa shape index (κ3) is 7.14. The van der Waals surface area contributed by atoms with Crippen LogP contribution in [-0.4, -0.2) is 55.8 Å². The number of carbonyl (C=O) groups excluding carboxylic acids is 1. The van der Waals surface area contributed by atoms with Crippen LogP contribution < -0.4 is 14.8 Å². The van der Waals surface area contributed by atoms with Gasteiger partial charge < -0.3 is 29.0 Å². The van der Waals surface area contributed by atoms with Gasteiger partial charge in [-0.15, -0.1) is 0 Å². The van der Waals surface area contributed by atoms with Gasteiger partial charge in [0.05, 0.1) is 34.9 Å². The van der Waals surface area contributed by atoms with Crippen molar-refractivity contribution in [3.8, 4) is 17.2 Å². The molecule has 0 radical (unpaired) electrons. The highest BCUT2D eigenvalue weighted by molar-refractivity contribution is 5.95. The first-order valence-corrected chi connectivity index (χ1v) is 14.4. The third-order valence-electron chi connectivity index (χ3n) is 6.85. The minimum Gasteiger partial charge on any atom is -0.493 e. The van der Waals surface area contributed by atoms with Crippen LogP contribution in [0.25, 0.3) is 21.9 Å². The summed E-state index contributed by atoms with van der Waals surface area (Å²) in [5, 5.41) is 4.22. The second-order valence-electron chi connectivity index (χ2n) is 11.3. The van der Waals surface area contributed by atoms with Gasteiger partial charge in [0.25, 0.3) is 0 Å². The van der Waals surface area contributed by atoms with Gasteiger partial charge in [0.2, 0.25) is 0 Å². The lowest BCUT2D eigenvalue weighted by atomic mass is 10.1. The number of amides is 1. The van der Waals surface area contributed by atoms with Crippen LogP contribution in [0.2, 0.25) is 0 Å². The molecule has 43 heavy (non-hydrogen) atoms. The van der Waals surface area contributed by atoms with Gasteiger partial charge in [0.1, 0.15) is 35.0 Å². The van der Waals surface area contributed by atoms with Gasteiger partial charge in [-0.25, -0.2) is 19.7 Å². The van der Waals surface area contributed by atoms with E-state index in [0.717, 1.165) is 44.7 Å². The largest absolute Gasteiger partial charge is 0.493 e. The first-order chi connectivity index (χ1) is 20.6. The van der Waals surface area contributed by atoms with Crippen LogP contribution in [-0.2, 0) is 11.8 Å². The highest BCUT2D eigenvalue weighted by atomic mass is 16.6. The summed E-state index contributed by atoms with van der Waals surface area (Å²) in [6.07, 6.45) is 3.65. The summed E-state index contributed by atoms with van der Waals surface area (Å²) >= 11 is 0. The van der Waals surface area contributed by atoms with Gasteiger partial charge in [0.15, 0.2) is 0 Å². The second kappa shape index (κ2) is 12.6. The molecule has 0 fully saturated rings. The van der Waals surface area contributed by atoms with Crippen LogP contribution in [0.1, 0.15) is 39.7 Å². The molecule has 0 bridgehead atoms. The van der Waals surface area contributed by atoms with Crippen molar-refractivity contribution >= 4 is 39.5 Å². The number of benzene rings is 3. The maximum Gasteiger partial charge on any atom is 0.410 e. The number of rotatable bonds is 10. The molecular weight excluding hydrogens is 544 g/mol. The molecule has 1 amide bonds. The van der Waals surface area contributed by atoms with E-state index in [1.165, 1.54) is 6.33 Å². The molecule has 1 N–H and O–H groups in total. The Morgan fingerprint density at radius 1 is 1.00 bits per heavy atom. The van der Waals surface area contributed by atoms with E-state index in [-0.39, 0.29) is 6.09 Å². The van der Waals surface area contributed by atoms with Crippen molar-refractivity contribution in [1.29, 1.82) is 0 Å². The Kier molecular flexibility index (Phi) is 8.66. The van der Waals surface area contributed by atoms with E-state index >= 15 is 0 Å². The monoisotopic (exact) mass is 582 g/mol. The Balaban J connectivity index is 1.27. The van der Waals surface area contributed by atoms with E-state index < -0.39 is 5.60 Å². The Labute approximate surface area is 251 Å². The van der Waals surface area contributed by atoms with Gasteiger partial charge in [-0.3, -0.25) is 0 Å². The lowest BCUT2D eigenvalue weighted by Gasteiger charge is -2.26. The number of carbonyl (C=O) groups is 1. The van der Waals surface area contributed by atoms with E-state index in [4.69, 9.17) is 14.2 Å². The number of imidazole rings is 1. The predicted molar refractivity (Wildman–Crippen MR) is 168 cm³/mol. The van der Waals surface area contributed by atoms with E-state index in [9.17, 15) is 4.79 Å². The normalized spacial score (nSPS) is 11.5. The van der Waals surface area contributed by atoms with Gasteiger partial charge in [0, 0.05) is 31.9 Å². The maximum absolute atomic E-state index is 12.5. The van der Waals surface area contributed by atoms with Crippen LogP contribution in [0.3, 0.4) is 0 Å². The second-order valence-corrected chi connectivity index (χ2v) is 11.3. The van der Waals surface area contributed by atoms with Crippen molar-refractivity contribution in [2.45, 2.75) is 46.6 Å². The Morgan fingerprint density at radius 3 is 2.60 bits per heavy atom. The minimum absolute atomic E-state index is 0.318. The Morgan fingerprint density at radius 2 is 1.84 bits per heavy atom. The molecule has 0 unspecified atom stereocenters. The number of anilines is 2. The van der Waals surface area contributed by atoms with Crippen molar-refractivity contribution in [2.75, 3.05) is 25.0 Å². The van der Waals surface area contributed by atoms with Crippen LogP contribution >= 0.6 is 0 Å². The minimum atomic E-state index is -0.534. The number of aromatic nitrogens is 4. The summed E-state index contributed by atoms with van der Waals surface area (Å²) in [5.74, 6) is 2.79. The zero-order chi connectivity index (χ0) is 30.6. The average molecular weight is 583 g/mol. The fourth-order valence-corrected chi connectivity index (χ4v) is 4.72. The molecule has 224 valence electrons. The molecule has 0 spiro atoms. The zero-order valence-corrected chi connectivity index (χ0v) is 25.5. The van der Waals surface area contributed by atoms with E-state index in [2.05, 4.69) is 20.3 Å². The number of nitrogens with one attached hydrogen (secondary N) is 1. The first-order valence-electron chi connectivity index (χ1n) is 14.4. The van der Waals surface area contributed by atoms with Crippen molar-refractivity contribution in [3.05, 3.63) is 72.8 Å². The fourth-order valence-electron chi connectivity index (χ4n) is 4.72. The third-order valence-corrected chi connectivity index (χ3v) is 6.85. The number of hydrogen-bond donors (Lipinski definition) is 1. The first kappa shape index (κ1) is 29.6. The van der Waals surface area contributed by atoms with Crippen molar-refractivity contribution in [1.82, 2.24) is 24.4 Å². The van der Waals surface area contributed by atoms with E-state index in [1.807, 2.05) is 101 Å². The molecule has 0 aliphatic rings. The van der Waals surface area contributed by atoms with Gasteiger partial charge in [-0.2, -0.15) is 0 Å². The smallest absolute Gasteiger partial charge is 0.410 e. The molecule has 0 aliphatic heterocycles. The fraction of sp³-hybridized carbons (Fsp3) is 0.333. The number of hydrogen-bond acceptors (Lipinski definition) is 8. The van der Waals surface area contributed by atoms with Crippen molar-refractivity contribution in [2.24, 2.45) is 7.05 Å².